The Bertz CT molecular complexity index is 596. The van der Waals surface area contributed by atoms with Gasteiger partial charge in [-0.1, -0.05) is 17.7 Å². The van der Waals surface area contributed by atoms with Crippen LogP contribution in [0.4, 0.5) is 15.9 Å². The van der Waals surface area contributed by atoms with Crippen LogP contribution in [0.5, 0.6) is 0 Å². The molecule has 0 radical (unpaired) electrons. The van der Waals surface area contributed by atoms with Crippen LogP contribution in [0.2, 0.25) is 0 Å². The average molecular weight is 259 g/mol. The van der Waals surface area contributed by atoms with Crippen molar-refractivity contribution in [2.45, 2.75) is 20.4 Å². The third-order valence-electron chi connectivity index (χ3n) is 3.20. The molecule has 0 atom stereocenters. The van der Waals surface area contributed by atoms with Gasteiger partial charge in [0.05, 0.1) is 0 Å². The summed E-state index contributed by atoms with van der Waals surface area (Å²) in [6.07, 6.45) is 1.58. The van der Waals surface area contributed by atoms with Gasteiger partial charge < -0.3 is 10.6 Å². The zero-order valence-electron chi connectivity index (χ0n) is 11.4. The van der Waals surface area contributed by atoms with Crippen molar-refractivity contribution in [2.75, 3.05) is 11.9 Å². The fraction of sp³-hybridized carbons (Fsp3) is 0.267. The highest BCUT2D eigenvalue weighted by Gasteiger charge is 2.15. The first kappa shape index (κ1) is 13.5. The molecule has 0 spiro atoms. The van der Waals surface area contributed by atoms with Crippen molar-refractivity contribution in [3.63, 3.8) is 0 Å². The lowest BCUT2D eigenvalue weighted by atomic mass is 10.1. The molecule has 0 unspecified atom stereocenters. The Kier molecular flexibility index (Phi) is 3.81. The average Bonchev–Trinajstić information content (AvgIpc) is 2.38. The van der Waals surface area contributed by atoms with Crippen LogP contribution in [0.15, 0.2) is 30.5 Å². The van der Waals surface area contributed by atoms with Crippen molar-refractivity contribution in [2.24, 2.45) is 5.73 Å². The number of hydrogen-bond acceptors (Lipinski definition) is 3. The number of nitrogens with two attached hydrogens (primary N) is 1. The maximum atomic E-state index is 14.2. The minimum atomic E-state index is -0.354. The third kappa shape index (κ3) is 2.58. The molecule has 0 aliphatic rings. The Balaban J connectivity index is 2.47. The van der Waals surface area contributed by atoms with Crippen LogP contribution in [-0.4, -0.2) is 12.0 Å². The summed E-state index contributed by atoms with van der Waals surface area (Å²) in [5.74, 6) is -0.0534. The lowest BCUT2D eigenvalue weighted by Crippen LogP contribution is -2.16. The molecule has 100 valence electrons. The summed E-state index contributed by atoms with van der Waals surface area (Å²) in [6, 6.07) is 7.65. The summed E-state index contributed by atoms with van der Waals surface area (Å²) in [5, 5.41) is 0. The molecular formula is C15H18FN3. The number of rotatable bonds is 3. The Morgan fingerprint density at radius 2 is 2.00 bits per heavy atom. The summed E-state index contributed by atoms with van der Waals surface area (Å²) in [5.41, 5.74) is 9.20. The van der Waals surface area contributed by atoms with E-state index >= 15 is 0 Å². The number of anilines is 2. The van der Waals surface area contributed by atoms with Crippen LogP contribution < -0.4 is 10.6 Å². The van der Waals surface area contributed by atoms with Crippen molar-refractivity contribution < 1.29 is 4.39 Å². The monoisotopic (exact) mass is 259 g/mol. The molecule has 0 aliphatic carbocycles. The zero-order valence-corrected chi connectivity index (χ0v) is 11.4. The van der Waals surface area contributed by atoms with Gasteiger partial charge in [0.2, 0.25) is 0 Å². The lowest BCUT2D eigenvalue weighted by Gasteiger charge is -2.22. The molecule has 1 heterocycles. The number of aromatic nitrogens is 1. The first-order valence-electron chi connectivity index (χ1n) is 6.19. The van der Waals surface area contributed by atoms with Crippen molar-refractivity contribution >= 4 is 11.5 Å². The molecule has 0 fully saturated rings. The summed E-state index contributed by atoms with van der Waals surface area (Å²) in [4.78, 5) is 5.88. The molecule has 2 aromatic rings. The molecule has 19 heavy (non-hydrogen) atoms. The number of hydrogen-bond donors (Lipinski definition) is 1. The Labute approximate surface area is 112 Å². The number of benzene rings is 1. The van der Waals surface area contributed by atoms with Gasteiger partial charge in [-0.25, -0.2) is 9.37 Å². The molecule has 2 rings (SSSR count). The molecule has 1 aromatic heterocycles. The van der Waals surface area contributed by atoms with E-state index in [0.717, 1.165) is 11.3 Å². The number of nitrogens with zero attached hydrogens (tertiary/aromatic N) is 2. The largest absolute Gasteiger partial charge is 0.327 e. The van der Waals surface area contributed by atoms with E-state index < -0.39 is 0 Å². The Morgan fingerprint density at radius 3 is 2.63 bits per heavy atom. The summed E-state index contributed by atoms with van der Waals surface area (Å²) >= 11 is 0. The van der Waals surface area contributed by atoms with Crippen molar-refractivity contribution in [1.82, 2.24) is 4.98 Å². The highest BCUT2D eigenvalue weighted by atomic mass is 19.1. The maximum absolute atomic E-state index is 14.2. The quantitative estimate of drug-likeness (QED) is 0.921. The molecular weight excluding hydrogens is 241 g/mol. The zero-order chi connectivity index (χ0) is 14.0. The molecule has 0 bridgehead atoms. The summed E-state index contributed by atoms with van der Waals surface area (Å²) in [6.45, 7) is 4.20. The van der Waals surface area contributed by atoms with Gasteiger partial charge in [-0.3, -0.25) is 0 Å². The molecule has 3 nitrogen and oxygen atoms in total. The topological polar surface area (TPSA) is 42.2 Å². The molecule has 0 aliphatic heterocycles. The summed E-state index contributed by atoms with van der Waals surface area (Å²) < 4.78 is 14.2. The smallest absolute Gasteiger partial charge is 0.170 e. The maximum Gasteiger partial charge on any atom is 0.170 e. The third-order valence-corrected chi connectivity index (χ3v) is 3.20. The predicted molar refractivity (Wildman–Crippen MR) is 76.1 cm³/mol. The van der Waals surface area contributed by atoms with E-state index in [-0.39, 0.29) is 12.4 Å². The van der Waals surface area contributed by atoms with E-state index in [9.17, 15) is 4.39 Å². The van der Waals surface area contributed by atoms with Crippen LogP contribution in [0.1, 0.15) is 16.7 Å². The van der Waals surface area contributed by atoms with E-state index in [2.05, 4.69) is 11.1 Å². The van der Waals surface area contributed by atoms with E-state index in [4.69, 9.17) is 5.73 Å². The van der Waals surface area contributed by atoms with E-state index in [1.807, 2.05) is 33.0 Å². The Hall–Kier alpha value is -1.94. The van der Waals surface area contributed by atoms with Gasteiger partial charge in [-0.05, 0) is 31.5 Å². The fourth-order valence-electron chi connectivity index (χ4n) is 2.16. The van der Waals surface area contributed by atoms with Gasteiger partial charge in [-0.15, -0.1) is 0 Å². The number of pyridine rings is 1. The minimum absolute atomic E-state index is 0.169. The molecule has 0 saturated carbocycles. The first-order valence-corrected chi connectivity index (χ1v) is 6.19. The van der Waals surface area contributed by atoms with Crippen LogP contribution in [0.3, 0.4) is 0 Å². The lowest BCUT2D eigenvalue weighted by molar-refractivity contribution is 0.604. The predicted octanol–water partition coefficient (Wildman–Crippen LogP) is 3.06. The minimum Gasteiger partial charge on any atom is -0.327 e. The number of aryl methyl sites for hydroxylation is 2. The van der Waals surface area contributed by atoms with Gasteiger partial charge in [0, 0.05) is 31.0 Å². The molecule has 1 aromatic carbocycles. The van der Waals surface area contributed by atoms with Gasteiger partial charge in [0.15, 0.2) is 11.6 Å². The van der Waals surface area contributed by atoms with Gasteiger partial charge in [0.1, 0.15) is 0 Å². The second-order valence-corrected chi connectivity index (χ2v) is 4.66. The second kappa shape index (κ2) is 5.36. The summed E-state index contributed by atoms with van der Waals surface area (Å²) in [7, 11) is 1.81. The van der Waals surface area contributed by atoms with Gasteiger partial charge in [0.25, 0.3) is 0 Å². The van der Waals surface area contributed by atoms with Crippen LogP contribution in [0.25, 0.3) is 0 Å². The SMILES string of the molecule is Cc1ccc(N(C)c2nccc(CN)c2F)c(C)c1. The van der Waals surface area contributed by atoms with E-state index in [0.29, 0.717) is 11.4 Å². The highest BCUT2D eigenvalue weighted by Crippen LogP contribution is 2.28. The Morgan fingerprint density at radius 1 is 1.26 bits per heavy atom. The second-order valence-electron chi connectivity index (χ2n) is 4.66. The molecule has 4 heteroatoms. The normalized spacial score (nSPS) is 10.6. The van der Waals surface area contributed by atoms with Crippen molar-refractivity contribution in [3.8, 4) is 0 Å². The van der Waals surface area contributed by atoms with Crippen LogP contribution in [-0.2, 0) is 6.54 Å². The van der Waals surface area contributed by atoms with E-state index in [1.165, 1.54) is 5.56 Å². The van der Waals surface area contributed by atoms with E-state index in [1.54, 1.807) is 17.2 Å². The standard InChI is InChI=1S/C15H18FN3/c1-10-4-5-13(11(2)8-10)19(3)15-14(16)12(9-17)6-7-18-15/h4-8H,9,17H2,1-3H3. The highest BCUT2D eigenvalue weighted by molar-refractivity contribution is 5.64. The van der Waals surface area contributed by atoms with Gasteiger partial charge >= 0.3 is 0 Å². The van der Waals surface area contributed by atoms with Crippen molar-refractivity contribution in [3.05, 3.63) is 53.0 Å². The number of halogens is 1. The van der Waals surface area contributed by atoms with Crippen LogP contribution >= 0.6 is 0 Å². The fourth-order valence-corrected chi connectivity index (χ4v) is 2.16. The first-order chi connectivity index (χ1) is 9.04. The van der Waals surface area contributed by atoms with Crippen LogP contribution in [0, 0.1) is 19.7 Å². The molecule has 0 amide bonds. The van der Waals surface area contributed by atoms with Gasteiger partial charge in [-0.2, -0.15) is 0 Å². The van der Waals surface area contributed by atoms with Crippen molar-refractivity contribution in [1.29, 1.82) is 0 Å². The molecule has 2 N–H and O–H groups in total. The molecule has 0 saturated heterocycles.